The second-order valence-electron chi connectivity index (χ2n) is 4.90. The fourth-order valence-electron chi connectivity index (χ4n) is 2.28. The molecule has 0 radical (unpaired) electrons. The van der Waals surface area contributed by atoms with Gasteiger partial charge in [0.15, 0.2) is 0 Å². The van der Waals surface area contributed by atoms with Crippen LogP contribution >= 0.6 is 15.9 Å². The van der Waals surface area contributed by atoms with Crippen LogP contribution in [0.5, 0.6) is 0 Å². The summed E-state index contributed by atoms with van der Waals surface area (Å²) in [6.07, 6.45) is 3.96. The van der Waals surface area contributed by atoms with Crippen molar-refractivity contribution in [2.24, 2.45) is 5.92 Å². The van der Waals surface area contributed by atoms with Gasteiger partial charge in [-0.25, -0.2) is 0 Å². The van der Waals surface area contributed by atoms with E-state index in [1.165, 1.54) is 38.9 Å². The minimum atomic E-state index is 0.814. The van der Waals surface area contributed by atoms with Crippen LogP contribution in [0.3, 0.4) is 0 Å². The van der Waals surface area contributed by atoms with Crippen LogP contribution in [0.4, 0.5) is 0 Å². The van der Waals surface area contributed by atoms with Crippen LogP contribution in [0.1, 0.15) is 26.2 Å². The second-order valence-corrected chi connectivity index (χ2v) is 5.55. The third kappa shape index (κ3) is 4.41. The van der Waals surface area contributed by atoms with E-state index in [1.54, 1.807) is 0 Å². The maximum absolute atomic E-state index is 3.60. The SMILES string of the molecule is CCC(CBr)CN(C)C1CCN(C)CC1. The molecule has 1 unspecified atom stereocenters. The Balaban J connectivity index is 2.30. The molecule has 0 spiro atoms. The summed E-state index contributed by atoms with van der Waals surface area (Å²) in [5.74, 6) is 0.814. The minimum absolute atomic E-state index is 0.814. The van der Waals surface area contributed by atoms with Crippen molar-refractivity contribution in [3.8, 4) is 0 Å². The van der Waals surface area contributed by atoms with E-state index in [1.807, 2.05) is 0 Å². The van der Waals surface area contributed by atoms with Crippen LogP contribution in [0, 0.1) is 5.92 Å². The van der Waals surface area contributed by atoms with E-state index < -0.39 is 0 Å². The number of piperidine rings is 1. The smallest absolute Gasteiger partial charge is 0.0117 e. The quantitative estimate of drug-likeness (QED) is 0.712. The van der Waals surface area contributed by atoms with Crippen molar-refractivity contribution in [2.45, 2.75) is 32.2 Å². The summed E-state index contributed by atoms with van der Waals surface area (Å²) >= 11 is 3.60. The molecule has 0 aliphatic carbocycles. The third-order valence-corrected chi connectivity index (χ3v) is 4.57. The Labute approximate surface area is 103 Å². The lowest BCUT2D eigenvalue weighted by Crippen LogP contribution is -2.43. The van der Waals surface area contributed by atoms with Crippen molar-refractivity contribution in [1.82, 2.24) is 9.80 Å². The fraction of sp³-hybridized carbons (Fsp3) is 1.00. The number of rotatable bonds is 5. The Morgan fingerprint density at radius 1 is 1.40 bits per heavy atom. The van der Waals surface area contributed by atoms with E-state index in [9.17, 15) is 0 Å². The molecular formula is C12H25BrN2. The molecule has 0 bridgehead atoms. The van der Waals surface area contributed by atoms with E-state index in [0.717, 1.165) is 17.3 Å². The van der Waals surface area contributed by atoms with E-state index >= 15 is 0 Å². The molecule has 1 heterocycles. The first kappa shape index (κ1) is 13.5. The Hall–Kier alpha value is 0.400. The van der Waals surface area contributed by atoms with Gasteiger partial charge >= 0.3 is 0 Å². The van der Waals surface area contributed by atoms with Gasteiger partial charge in [-0.3, -0.25) is 0 Å². The molecule has 0 aromatic rings. The normalized spacial score (nSPS) is 22.2. The van der Waals surface area contributed by atoms with Gasteiger partial charge in [0.2, 0.25) is 0 Å². The highest BCUT2D eigenvalue weighted by molar-refractivity contribution is 9.09. The fourth-order valence-corrected chi connectivity index (χ4v) is 2.94. The number of hydrogen-bond acceptors (Lipinski definition) is 2. The average Bonchev–Trinajstić information content (AvgIpc) is 2.26. The highest BCUT2D eigenvalue weighted by Gasteiger charge is 2.21. The van der Waals surface area contributed by atoms with Gasteiger partial charge in [-0.2, -0.15) is 0 Å². The predicted octanol–water partition coefficient (Wildman–Crippen LogP) is 2.43. The van der Waals surface area contributed by atoms with Crippen molar-refractivity contribution in [1.29, 1.82) is 0 Å². The van der Waals surface area contributed by atoms with Gasteiger partial charge in [-0.1, -0.05) is 29.3 Å². The van der Waals surface area contributed by atoms with Gasteiger partial charge in [0.05, 0.1) is 0 Å². The van der Waals surface area contributed by atoms with E-state index in [-0.39, 0.29) is 0 Å². The first-order valence-electron chi connectivity index (χ1n) is 6.12. The highest BCUT2D eigenvalue weighted by atomic mass is 79.9. The van der Waals surface area contributed by atoms with Gasteiger partial charge in [0, 0.05) is 17.9 Å². The number of alkyl halides is 1. The summed E-state index contributed by atoms with van der Waals surface area (Å²) in [4.78, 5) is 5.01. The van der Waals surface area contributed by atoms with Crippen LogP contribution in [0.2, 0.25) is 0 Å². The summed E-state index contributed by atoms with van der Waals surface area (Å²) in [5.41, 5.74) is 0. The zero-order valence-corrected chi connectivity index (χ0v) is 12.0. The summed E-state index contributed by atoms with van der Waals surface area (Å²) < 4.78 is 0. The topological polar surface area (TPSA) is 6.48 Å². The molecule has 1 rings (SSSR count). The average molecular weight is 277 g/mol. The van der Waals surface area contributed by atoms with Crippen LogP contribution in [-0.4, -0.2) is 54.9 Å². The van der Waals surface area contributed by atoms with Crippen molar-refractivity contribution in [3.63, 3.8) is 0 Å². The first-order chi connectivity index (χ1) is 7.17. The maximum atomic E-state index is 3.60. The Morgan fingerprint density at radius 3 is 2.47 bits per heavy atom. The lowest BCUT2D eigenvalue weighted by molar-refractivity contribution is 0.131. The zero-order valence-electron chi connectivity index (χ0n) is 10.4. The summed E-state index contributed by atoms with van der Waals surface area (Å²) in [6, 6.07) is 0.814. The van der Waals surface area contributed by atoms with Crippen molar-refractivity contribution < 1.29 is 0 Å². The monoisotopic (exact) mass is 276 g/mol. The molecule has 1 saturated heterocycles. The van der Waals surface area contributed by atoms with E-state index in [2.05, 4.69) is 46.7 Å². The number of nitrogens with zero attached hydrogens (tertiary/aromatic N) is 2. The molecule has 0 saturated carbocycles. The molecular weight excluding hydrogens is 252 g/mol. The molecule has 0 amide bonds. The third-order valence-electron chi connectivity index (χ3n) is 3.65. The zero-order chi connectivity index (χ0) is 11.3. The van der Waals surface area contributed by atoms with Crippen molar-refractivity contribution in [2.75, 3.05) is 39.1 Å². The molecule has 1 aliphatic heterocycles. The summed E-state index contributed by atoms with van der Waals surface area (Å²) in [5, 5.41) is 1.14. The van der Waals surface area contributed by atoms with E-state index in [0.29, 0.717) is 0 Å². The van der Waals surface area contributed by atoms with Gasteiger partial charge in [0.25, 0.3) is 0 Å². The van der Waals surface area contributed by atoms with Crippen LogP contribution in [0.25, 0.3) is 0 Å². The maximum Gasteiger partial charge on any atom is 0.0117 e. The lowest BCUT2D eigenvalue weighted by atomic mass is 10.0. The molecule has 90 valence electrons. The standard InChI is InChI=1S/C12H25BrN2/c1-4-11(9-13)10-15(3)12-5-7-14(2)8-6-12/h11-12H,4-10H2,1-3H3. The van der Waals surface area contributed by atoms with Crippen LogP contribution < -0.4 is 0 Å². The largest absolute Gasteiger partial charge is 0.306 e. The molecule has 15 heavy (non-hydrogen) atoms. The summed E-state index contributed by atoms with van der Waals surface area (Å²) in [6.45, 7) is 6.06. The Kier molecular flexibility index (Phi) is 6.17. The molecule has 1 atom stereocenters. The highest BCUT2D eigenvalue weighted by Crippen LogP contribution is 2.17. The van der Waals surface area contributed by atoms with Gasteiger partial charge in [0.1, 0.15) is 0 Å². The van der Waals surface area contributed by atoms with Crippen LogP contribution in [0.15, 0.2) is 0 Å². The first-order valence-corrected chi connectivity index (χ1v) is 7.24. The van der Waals surface area contributed by atoms with E-state index in [4.69, 9.17) is 0 Å². The molecule has 3 heteroatoms. The van der Waals surface area contributed by atoms with Gasteiger partial charge in [-0.15, -0.1) is 0 Å². The molecule has 0 N–H and O–H groups in total. The number of hydrogen-bond donors (Lipinski definition) is 0. The number of likely N-dealkylation sites (tertiary alicyclic amines) is 1. The molecule has 0 aromatic heterocycles. The van der Waals surface area contributed by atoms with Crippen LogP contribution in [-0.2, 0) is 0 Å². The van der Waals surface area contributed by atoms with Crippen molar-refractivity contribution in [3.05, 3.63) is 0 Å². The second kappa shape index (κ2) is 6.87. The predicted molar refractivity (Wildman–Crippen MR) is 70.7 cm³/mol. The van der Waals surface area contributed by atoms with Gasteiger partial charge < -0.3 is 9.80 Å². The lowest BCUT2D eigenvalue weighted by Gasteiger charge is -2.36. The summed E-state index contributed by atoms with van der Waals surface area (Å²) in [7, 11) is 4.52. The number of halogens is 1. The molecule has 1 fully saturated rings. The molecule has 1 aliphatic rings. The minimum Gasteiger partial charge on any atom is -0.306 e. The molecule has 2 nitrogen and oxygen atoms in total. The van der Waals surface area contributed by atoms with Crippen molar-refractivity contribution >= 4 is 15.9 Å². The Bertz CT molecular complexity index is 163. The molecule has 0 aromatic carbocycles. The Morgan fingerprint density at radius 2 is 2.00 bits per heavy atom. The van der Waals surface area contributed by atoms with Gasteiger partial charge in [-0.05, 0) is 45.9 Å².